The number of rotatable bonds is 3. The Labute approximate surface area is 114 Å². The number of hydrogen-bond donors (Lipinski definition) is 1. The first-order valence-electron chi connectivity index (χ1n) is 6.83. The molecule has 0 bridgehead atoms. The molecule has 1 aliphatic heterocycles. The summed E-state index contributed by atoms with van der Waals surface area (Å²) in [6, 6.07) is 1.80. The van der Waals surface area contributed by atoms with Crippen LogP contribution in [0.3, 0.4) is 0 Å². The van der Waals surface area contributed by atoms with E-state index in [2.05, 4.69) is 26.1 Å². The van der Waals surface area contributed by atoms with Crippen LogP contribution in [0, 0.1) is 18.3 Å². The van der Waals surface area contributed by atoms with Crippen LogP contribution in [0.2, 0.25) is 0 Å². The van der Waals surface area contributed by atoms with Crippen LogP contribution in [0.1, 0.15) is 43.3 Å². The summed E-state index contributed by atoms with van der Waals surface area (Å²) in [5.41, 5.74) is 0.972. The number of amides is 1. The van der Waals surface area contributed by atoms with E-state index in [0.29, 0.717) is 18.2 Å². The summed E-state index contributed by atoms with van der Waals surface area (Å²) >= 11 is 0. The Morgan fingerprint density at radius 3 is 2.79 bits per heavy atom. The zero-order chi connectivity index (χ0) is 14.0. The molecule has 1 aromatic heterocycles. The van der Waals surface area contributed by atoms with Crippen molar-refractivity contribution in [2.75, 3.05) is 13.2 Å². The maximum atomic E-state index is 12.0. The highest BCUT2D eigenvalue weighted by molar-refractivity contribution is 5.92. The molecule has 1 aromatic rings. The minimum absolute atomic E-state index is 0.104. The number of aryl methyl sites for hydroxylation is 1. The van der Waals surface area contributed by atoms with Gasteiger partial charge in [-0.2, -0.15) is 0 Å². The van der Waals surface area contributed by atoms with Gasteiger partial charge in [-0.05, 0) is 24.8 Å². The van der Waals surface area contributed by atoms with Gasteiger partial charge in [0.15, 0.2) is 5.76 Å². The molecule has 1 fully saturated rings. The molecule has 2 atom stereocenters. The molecule has 0 aliphatic carbocycles. The number of carbonyl (C=O) groups excluding carboxylic acids is 1. The molecule has 1 amide bonds. The maximum Gasteiger partial charge on any atom is 0.287 e. The second-order valence-electron chi connectivity index (χ2n) is 6.35. The zero-order valence-corrected chi connectivity index (χ0v) is 12.2. The Hall–Kier alpha value is -1.29. The lowest BCUT2D eigenvalue weighted by Crippen LogP contribution is -2.38. The van der Waals surface area contributed by atoms with Crippen molar-refractivity contribution >= 4 is 5.91 Å². The van der Waals surface area contributed by atoms with Gasteiger partial charge in [0.2, 0.25) is 0 Å². The number of carbonyl (C=O) groups is 1. The third-order valence-electron chi connectivity index (χ3n) is 3.66. The molecule has 0 unspecified atom stereocenters. The van der Waals surface area contributed by atoms with Crippen LogP contribution in [-0.4, -0.2) is 25.2 Å². The van der Waals surface area contributed by atoms with E-state index < -0.39 is 0 Å². The molecule has 0 saturated carbocycles. The predicted octanol–water partition coefficient (Wildman–Crippen LogP) is 2.77. The standard InChI is InChI=1S/C15H23NO3/c1-10-5-7-18-12(10)14(17)16-9-11-6-8-19-13(11)15(2,3)4/h5,7,11,13H,6,8-9H2,1-4H3,(H,16,17)/t11-,13+/m1/s1. The van der Waals surface area contributed by atoms with Gasteiger partial charge in [-0.15, -0.1) is 0 Å². The van der Waals surface area contributed by atoms with Crippen molar-refractivity contribution in [1.29, 1.82) is 0 Å². The molecule has 1 saturated heterocycles. The van der Waals surface area contributed by atoms with E-state index >= 15 is 0 Å². The second kappa shape index (κ2) is 5.37. The Bertz CT molecular complexity index is 444. The van der Waals surface area contributed by atoms with Gasteiger partial charge < -0.3 is 14.5 Å². The zero-order valence-electron chi connectivity index (χ0n) is 12.2. The SMILES string of the molecule is Cc1ccoc1C(=O)NC[C@H]1CCO[C@@H]1C(C)(C)C. The van der Waals surface area contributed by atoms with Gasteiger partial charge in [0, 0.05) is 24.6 Å². The molecule has 4 heteroatoms. The molecule has 19 heavy (non-hydrogen) atoms. The highest BCUT2D eigenvalue weighted by Crippen LogP contribution is 2.34. The van der Waals surface area contributed by atoms with Gasteiger partial charge in [0.1, 0.15) is 0 Å². The fraction of sp³-hybridized carbons (Fsp3) is 0.667. The lowest BCUT2D eigenvalue weighted by molar-refractivity contribution is 0.00731. The van der Waals surface area contributed by atoms with Crippen molar-refractivity contribution in [3.05, 3.63) is 23.7 Å². The first kappa shape index (κ1) is 14.1. The van der Waals surface area contributed by atoms with Gasteiger partial charge in [0.05, 0.1) is 12.4 Å². The van der Waals surface area contributed by atoms with Crippen molar-refractivity contribution in [2.45, 2.75) is 40.2 Å². The van der Waals surface area contributed by atoms with Crippen molar-refractivity contribution in [1.82, 2.24) is 5.32 Å². The topological polar surface area (TPSA) is 51.5 Å². The molecule has 2 rings (SSSR count). The minimum atomic E-state index is -0.137. The van der Waals surface area contributed by atoms with Crippen molar-refractivity contribution in [2.24, 2.45) is 11.3 Å². The fourth-order valence-corrected chi connectivity index (χ4v) is 2.71. The Balaban J connectivity index is 1.92. The predicted molar refractivity (Wildman–Crippen MR) is 73.1 cm³/mol. The maximum absolute atomic E-state index is 12.0. The quantitative estimate of drug-likeness (QED) is 0.914. The van der Waals surface area contributed by atoms with Gasteiger partial charge in [0.25, 0.3) is 5.91 Å². The number of furan rings is 1. The second-order valence-corrected chi connectivity index (χ2v) is 6.35. The van der Waals surface area contributed by atoms with Crippen LogP contribution in [0.4, 0.5) is 0 Å². The van der Waals surface area contributed by atoms with Gasteiger partial charge in [-0.25, -0.2) is 0 Å². The summed E-state index contributed by atoms with van der Waals surface area (Å²) in [6.45, 7) is 9.82. The van der Waals surface area contributed by atoms with E-state index in [-0.39, 0.29) is 17.4 Å². The molecule has 0 spiro atoms. The Morgan fingerprint density at radius 2 is 2.21 bits per heavy atom. The molecule has 2 heterocycles. The molecule has 0 aromatic carbocycles. The van der Waals surface area contributed by atoms with Crippen molar-refractivity contribution < 1.29 is 13.9 Å². The van der Waals surface area contributed by atoms with E-state index in [1.807, 2.05) is 6.92 Å². The average Bonchev–Trinajstić information content (AvgIpc) is 2.93. The molecule has 1 N–H and O–H groups in total. The summed E-state index contributed by atoms with van der Waals surface area (Å²) in [5, 5.41) is 2.96. The number of nitrogens with one attached hydrogen (secondary N) is 1. The van der Waals surface area contributed by atoms with E-state index in [1.165, 1.54) is 0 Å². The molecule has 4 nitrogen and oxygen atoms in total. The lowest BCUT2D eigenvalue weighted by Gasteiger charge is -2.31. The summed E-state index contributed by atoms with van der Waals surface area (Å²) in [5.74, 6) is 0.646. The Kier molecular flexibility index (Phi) is 3.99. The minimum Gasteiger partial charge on any atom is -0.459 e. The summed E-state index contributed by atoms with van der Waals surface area (Å²) < 4.78 is 11.0. The smallest absolute Gasteiger partial charge is 0.287 e. The number of hydrogen-bond acceptors (Lipinski definition) is 3. The third-order valence-corrected chi connectivity index (χ3v) is 3.66. The first-order valence-corrected chi connectivity index (χ1v) is 6.83. The molecular formula is C15H23NO3. The van der Waals surface area contributed by atoms with Crippen LogP contribution < -0.4 is 5.32 Å². The number of ether oxygens (including phenoxy) is 1. The fourth-order valence-electron chi connectivity index (χ4n) is 2.71. The lowest BCUT2D eigenvalue weighted by atomic mass is 9.81. The van der Waals surface area contributed by atoms with E-state index in [0.717, 1.165) is 18.6 Å². The van der Waals surface area contributed by atoms with Crippen molar-refractivity contribution in [3.63, 3.8) is 0 Å². The highest BCUT2D eigenvalue weighted by atomic mass is 16.5. The normalized spacial score (nSPS) is 23.6. The Morgan fingerprint density at radius 1 is 1.47 bits per heavy atom. The van der Waals surface area contributed by atoms with Crippen LogP contribution in [0.5, 0.6) is 0 Å². The van der Waals surface area contributed by atoms with E-state index in [1.54, 1.807) is 12.3 Å². The molecule has 1 aliphatic rings. The van der Waals surface area contributed by atoms with E-state index in [9.17, 15) is 4.79 Å². The van der Waals surface area contributed by atoms with Crippen molar-refractivity contribution in [3.8, 4) is 0 Å². The first-order chi connectivity index (χ1) is 8.89. The highest BCUT2D eigenvalue weighted by Gasteiger charge is 2.37. The summed E-state index contributed by atoms with van der Waals surface area (Å²) in [6.07, 6.45) is 2.74. The average molecular weight is 265 g/mol. The summed E-state index contributed by atoms with van der Waals surface area (Å²) in [4.78, 5) is 12.0. The molecule has 0 radical (unpaired) electrons. The largest absolute Gasteiger partial charge is 0.459 e. The van der Waals surface area contributed by atoms with Crippen LogP contribution in [0.15, 0.2) is 16.7 Å². The van der Waals surface area contributed by atoms with Crippen LogP contribution >= 0.6 is 0 Å². The summed E-state index contributed by atoms with van der Waals surface area (Å²) in [7, 11) is 0. The van der Waals surface area contributed by atoms with Crippen LogP contribution in [0.25, 0.3) is 0 Å². The van der Waals surface area contributed by atoms with Gasteiger partial charge >= 0.3 is 0 Å². The van der Waals surface area contributed by atoms with Gasteiger partial charge in [-0.1, -0.05) is 20.8 Å². The third kappa shape index (κ3) is 3.18. The monoisotopic (exact) mass is 265 g/mol. The van der Waals surface area contributed by atoms with Crippen LogP contribution in [-0.2, 0) is 4.74 Å². The van der Waals surface area contributed by atoms with Gasteiger partial charge in [-0.3, -0.25) is 4.79 Å². The molecular weight excluding hydrogens is 242 g/mol. The van der Waals surface area contributed by atoms with E-state index in [4.69, 9.17) is 9.15 Å². The molecule has 106 valence electrons.